The molecule has 1 heterocycles. The fourth-order valence-corrected chi connectivity index (χ4v) is 3.94. The van der Waals surface area contributed by atoms with Gasteiger partial charge in [0.1, 0.15) is 24.4 Å². The minimum atomic E-state index is -0.908. The Morgan fingerprint density at radius 2 is 1.47 bits per heavy atom. The van der Waals surface area contributed by atoms with E-state index in [1.807, 2.05) is 0 Å². The Morgan fingerprint density at radius 3 is 2.05 bits per heavy atom. The zero-order valence-corrected chi connectivity index (χ0v) is 23.5. The Morgan fingerprint density at radius 1 is 0.842 bits per heavy atom. The van der Waals surface area contributed by atoms with Gasteiger partial charge in [-0.15, -0.1) is 0 Å². The summed E-state index contributed by atoms with van der Waals surface area (Å²) in [6.07, 6.45) is 0.737. The lowest BCUT2D eigenvalue weighted by molar-refractivity contribution is -0.215. The van der Waals surface area contributed by atoms with E-state index in [-0.39, 0.29) is 25.0 Å². The second-order valence-corrected chi connectivity index (χ2v) is 10.3. The maximum atomic E-state index is 12.2. The Labute approximate surface area is 224 Å². The molecule has 1 fully saturated rings. The highest BCUT2D eigenvalue weighted by molar-refractivity contribution is 5.75. The van der Waals surface area contributed by atoms with Gasteiger partial charge in [0.15, 0.2) is 6.10 Å². The van der Waals surface area contributed by atoms with Crippen molar-refractivity contribution < 1.29 is 47.7 Å². The maximum Gasteiger partial charge on any atom is 0.407 e. The van der Waals surface area contributed by atoms with Crippen LogP contribution in [0.4, 0.5) is 4.79 Å². The number of carbonyl (C=O) groups is 5. The number of nitrogens with one attached hydrogen (secondary N) is 2. The van der Waals surface area contributed by atoms with Crippen molar-refractivity contribution in [2.75, 3.05) is 19.7 Å². The van der Waals surface area contributed by atoms with Gasteiger partial charge in [-0.3, -0.25) is 19.2 Å². The van der Waals surface area contributed by atoms with E-state index in [9.17, 15) is 24.0 Å². The van der Waals surface area contributed by atoms with Gasteiger partial charge in [-0.05, 0) is 52.9 Å². The zero-order chi connectivity index (χ0) is 28.7. The summed E-state index contributed by atoms with van der Waals surface area (Å²) in [6.45, 7) is 10.1. The van der Waals surface area contributed by atoms with E-state index in [4.69, 9.17) is 23.7 Å². The fraction of sp³-hybridized carbons (Fsp3) is 0.808. The van der Waals surface area contributed by atoms with Crippen LogP contribution in [0.25, 0.3) is 0 Å². The molecule has 0 aromatic rings. The number of rotatable bonds is 14. The number of esters is 3. The van der Waals surface area contributed by atoms with Crippen molar-refractivity contribution in [3.63, 3.8) is 0 Å². The molecule has 4 atom stereocenters. The van der Waals surface area contributed by atoms with Gasteiger partial charge in [-0.1, -0.05) is 0 Å². The SMILES string of the molecule is CC(=O)OC[C@H]1O[C@@H](CCCC(=O)NCCCCCNC(=O)OC(C)(C)C)C[C@@H](OC(C)=O)[C@H]1OC(C)=O. The predicted molar refractivity (Wildman–Crippen MR) is 136 cm³/mol. The molecular weight excluding hydrogens is 500 g/mol. The third-order valence-electron chi connectivity index (χ3n) is 5.44. The second kappa shape index (κ2) is 16.8. The average Bonchev–Trinajstić information content (AvgIpc) is 2.77. The first-order chi connectivity index (χ1) is 17.8. The molecule has 0 radical (unpaired) electrons. The van der Waals surface area contributed by atoms with Crippen molar-refractivity contribution >= 4 is 29.9 Å². The zero-order valence-electron chi connectivity index (χ0n) is 23.5. The van der Waals surface area contributed by atoms with Crippen molar-refractivity contribution in [3.8, 4) is 0 Å². The quantitative estimate of drug-likeness (QED) is 0.189. The first-order valence-electron chi connectivity index (χ1n) is 13.1. The number of hydrogen-bond acceptors (Lipinski definition) is 10. The topological polar surface area (TPSA) is 156 Å². The molecule has 2 N–H and O–H groups in total. The van der Waals surface area contributed by atoms with Crippen LogP contribution in [0.1, 0.15) is 86.5 Å². The summed E-state index contributed by atoms with van der Waals surface area (Å²) in [4.78, 5) is 58.3. The first-order valence-corrected chi connectivity index (χ1v) is 13.1. The normalized spacial score (nSPS) is 21.1. The van der Waals surface area contributed by atoms with Crippen LogP contribution in [0.5, 0.6) is 0 Å². The summed E-state index contributed by atoms with van der Waals surface area (Å²) in [6, 6.07) is 0. The van der Waals surface area contributed by atoms with Crippen LogP contribution >= 0.6 is 0 Å². The van der Waals surface area contributed by atoms with E-state index in [1.165, 1.54) is 20.8 Å². The van der Waals surface area contributed by atoms with Gasteiger partial charge < -0.3 is 34.3 Å². The van der Waals surface area contributed by atoms with E-state index in [0.29, 0.717) is 32.4 Å². The third kappa shape index (κ3) is 15.4. The van der Waals surface area contributed by atoms with Gasteiger partial charge in [0.25, 0.3) is 0 Å². The Kier molecular flexibility index (Phi) is 14.7. The minimum absolute atomic E-state index is 0.0847. The number of ether oxygens (including phenoxy) is 5. The van der Waals surface area contributed by atoms with E-state index >= 15 is 0 Å². The predicted octanol–water partition coefficient (Wildman–Crippen LogP) is 2.55. The molecule has 1 rings (SSSR count). The van der Waals surface area contributed by atoms with Crippen LogP contribution in [0, 0.1) is 0 Å². The lowest BCUT2D eigenvalue weighted by Gasteiger charge is -2.40. The summed E-state index contributed by atoms with van der Waals surface area (Å²) in [7, 11) is 0. The molecular formula is C26H44N2O10. The van der Waals surface area contributed by atoms with Crippen molar-refractivity contribution in [2.24, 2.45) is 0 Å². The van der Waals surface area contributed by atoms with Gasteiger partial charge in [-0.2, -0.15) is 0 Å². The lowest BCUT2D eigenvalue weighted by Crippen LogP contribution is -2.53. The molecule has 12 heteroatoms. The molecule has 1 saturated heterocycles. The number of hydrogen-bond donors (Lipinski definition) is 2. The number of alkyl carbamates (subject to hydrolysis) is 1. The summed E-state index contributed by atoms with van der Waals surface area (Å²) in [5, 5.41) is 5.58. The van der Waals surface area contributed by atoms with Crippen LogP contribution in [-0.4, -0.2) is 79.6 Å². The highest BCUT2D eigenvalue weighted by Crippen LogP contribution is 2.28. The van der Waals surface area contributed by atoms with E-state index in [1.54, 1.807) is 20.8 Å². The Hall–Kier alpha value is -2.89. The Bertz CT molecular complexity index is 795. The Balaban J connectivity index is 2.39. The molecule has 0 aliphatic carbocycles. The molecule has 0 spiro atoms. The average molecular weight is 545 g/mol. The van der Waals surface area contributed by atoms with Crippen LogP contribution in [0.3, 0.4) is 0 Å². The molecule has 38 heavy (non-hydrogen) atoms. The molecule has 0 aromatic heterocycles. The van der Waals surface area contributed by atoms with Gasteiger partial charge in [0, 0.05) is 46.7 Å². The summed E-state index contributed by atoms with van der Waals surface area (Å²) < 4.78 is 26.9. The summed E-state index contributed by atoms with van der Waals surface area (Å²) in [5.74, 6) is -1.70. The van der Waals surface area contributed by atoms with Crippen molar-refractivity contribution in [3.05, 3.63) is 0 Å². The minimum Gasteiger partial charge on any atom is -0.463 e. The molecule has 2 amide bonds. The van der Waals surface area contributed by atoms with Crippen LogP contribution in [0.2, 0.25) is 0 Å². The van der Waals surface area contributed by atoms with Crippen molar-refractivity contribution in [1.82, 2.24) is 10.6 Å². The van der Waals surface area contributed by atoms with Crippen molar-refractivity contribution in [1.29, 1.82) is 0 Å². The number of carbonyl (C=O) groups excluding carboxylic acids is 5. The van der Waals surface area contributed by atoms with Crippen LogP contribution < -0.4 is 10.6 Å². The number of amides is 2. The third-order valence-corrected chi connectivity index (χ3v) is 5.44. The maximum absolute atomic E-state index is 12.2. The van der Waals surface area contributed by atoms with Gasteiger partial charge in [0.05, 0.1) is 6.10 Å². The van der Waals surface area contributed by atoms with E-state index in [0.717, 1.165) is 19.3 Å². The second-order valence-electron chi connectivity index (χ2n) is 10.3. The molecule has 0 saturated carbocycles. The lowest BCUT2D eigenvalue weighted by atomic mass is 9.94. The smallest absolute Gasteiger partial charge is 0.407 e. The number of unbranched alkanes of at least 4 members (excludes halogenated alkanes) is 2. The van der Waals surface area contributed by atoms with E-state index in [2.05, 4.69) is 10.6 Å². The standard InChI is InChI=1S/C26H44N2O10/c1-17(29)34-16-22-24(36-19(3)31)21(35-18(2)30)15-20(37-22)11-10-12-23(32)27-13-8-7-9-14-28-25(33)38-26(4,5)6/h20-22,24H,7-16H2,1-6H3,(H,27,32)(H,28,33)/t20-,21+,22+,24+/m0/s1. The molecule has 0 bridgehead atoms. The van der Waals surface area contributed by atoms with Gasteiger partial charge in [-0.25, -0.2) is 4.79 Å². The van der Waals surface area contributed by atoms with Crippen LogP contribution in [0.15, 0.2) is 0 Å². The molecule has 1 aliphatic rings. The van der Waals surface area contributed by atoms with Gasteiger partial charge in [0.2, 0.25) is 5.91 Å². The van der Waals surface area contributed by atoms with E-state index < -0.39 is 47.9 Å². The highest BCUT2D eigenvalue weighted by Gasteiger charge is 2.43. The summed E-state index contributed by atoms with van der Waals surface area (Å²) >= 11 is 0. The molecule has 0 aromatic carbocycles. The molecule has 0 unspecified atom stereocenters. The molecule has 218 valence electrons. The fourth-order valence-electron chi connectivity index (χ4n) is 3.94. The monoisotopic (exact) mass is 544 g/mol. The molecule has 12 nitrogen and oxygen atoms in total. The first kappa shape index (κ1) is 33.1. The van der Waals surface area contributed by atoms with Gasteiger partial charge >= 0.3 is 24.0 Å². The molecule has 1 aliphatic heterocycles. The van der Waals surface area contributed by atoms with Crippen LogP contribution in [-0.2, 0) is 42.9 Å². The summed E-state index contributed by atoms with van der Waals surface area (Å²) in [5.41, 5.74) is -0.528. The largest absolute Gasteiger partial charge is 0.463 e. The van der Waals surface area contributed by atoms with Crippen molar-refractivity contribution in [2.45, 2.75) is 117 Å². The highest BCUT2D eigenvalue weighted by atomic mass is 16.6.